The van der Waals surface area contributed by atoms with Gasteiger partial charge in [0.15, 0.2) is 0 Å². The predicted molar refractivity (Wildman–Crippen MR) is 60.0 cm³/mol. The third-order valence-corrected chi connectivity index (χ3v) is 5.77. The molecule has 0 radical (unpaired) electrons. The van der Waals surface area contributed by atoms with E-state index in [0.717, 1.165) is 23.7 Å². The first kappa shape index (κ1) is 9.00. The number of hydrogen-bond donors (Lipinski definition) is 0. The standard InChI is InChI=1S/C14H22/c1-9(2)14-8-11(7-10(14)3)12-5-4-6-13(12)14/h10-13H,1,4-8H2,2-3H3. The van der Waals surface area contributed by atoms with Gasteiger partial charge in [-0.2, -0.15) is 0 Å². The molecule has 5 atom stereocenters. The Balaban J connectivity index is 2.04. The summed E-state index contributed by atoms with van der Waals surface area (Å²) in [5.41, 5.74) is 2.08. The highest BCUT2D eigenvalue weighted by Gasteiger charge is 2.61. The van der Waals surface area contributed by atoms with Crippen molar-refractivity contribution < 1.29 is 0 Å². The minimum Gasteiger partial charge on any atom is -0.0996 e. The molecular weight excluding hydrogens is 168 g/mol. The fourth-order valence-electron chi connectivity index (χ4n) is 5.33. The van der Waals surface area contributed by atoms with Crippen molar-refractivity contribution in [2.24, 2.45) is 29.1 Å². The molecule has 0 aromatic carbocycles. The van der Waals surface area contributed by atoms with Gasteiger partial charge in [0.1, 0.15) is 0 Å². The van der Waals surface area contributed by atoms with Gasteiger partial charge in [-0.3, -0.25) is 0 Å². The van der Waals surface area contributed by atoms with E-state index in [1.807, 2.05) is 0 Å². The first-order chi connectivity index (χ1) is 6.66. The summed E-state index contributed by atoms with van der Waals surface area (Å²) in [6.07, 6.45) is 7.50. The van der Waals surface area contributed by atoms with Gasteiger partial charge >= 0.3 is 0 Å². The second-order valence-corrected chi connectivity index (χ2v) is 6.12. The van der Waals surface area contributed by atoms with Crippen LogP contribution in [0.2, 0.25) is 0 Å². The number of fused-ring (bicyclic) bond motifs is 5. The maximum Gasteiger partial charge on any atom is -0.00341 e. The molecular formula is C14H22. The van der Waals surface area contributed by atoms with Crippen LogP contribution < -0.4 is 0 Å². The van der Waals surface area contributed by atoms with Crippen LogP contribution in [0.3, 0.4) is 0 Å². The fraction of sp³-hybridized carbons (Fsp3) is 0.857. The lowest BCUT2D eigenvalue weighted by Crippen LogP contribution is -2.34. The molecule has 0 aromatic rings. The molecule has 0 saturated heterocycles. The molecule has 3 aliphatic carbocycles. The molecule has 3 aliphatic rings. The molecule has 0 aromatic heterocycles. The van der Waals surface area contributed by atoms with E-state index in [4.69, 9.17) is 0 Å². The summed E-state index contributed by atoms with van der Waals surface area (Å²) in [5, 5.41) is 0. The van der Waals surface area contributed by atoms with Gasteiger partial charge < -0.3 is 0 Å². The molecule has 0 N–H and O–H groups in total. The van der Waals surface area contributed by atoms with Gasteiger partial charge in [0.25, 0.3) is 0 Å². The molecule has 0 spiro atoms. The number of rotatable bonds is 1. The average molecular weight is 190 g/mol. The Labute approximate surface area is 87.8 Å². The summed E-state index contributed by atoms with van der Waals surface area (Å²) in [6, 6.07) is 0. The van der Waals surface area contributed by atoms with Gasteiger partial charge in [-0.15, -0.1) is 0 Å². The Morgan fingerprint density at radius 1 is 1.36 bits per heavy atom. The van der Waals surface area contributed by atoms with E-state index in [1.165, 1.54) is 37.7 Å². The van der Waals surface area contributed by atoms with Crippen molar-refractivity contribution in [2.75, 3.05) is 0 Å². The van der Waals surface area contributed by atoms with E-state index in [2.05, 4.69) is 20.4 Å². The Morgan fingerprint density at radius 3 is 2.86 bits per heavy atom. The molecule has 5 unspecified atom stereocenters. The van der Waals surface area contributed by atoms with Gasteiger partial charge in [-0.1, -0.05) is 25.5 Å². The lowest BCUT2D eigenvalue weighted by molar-refractivity contribution is 0.127. The molecule has 3 fully saturated rings. The first-order valence-electron chi connectivity index (χ1n) is 6.32. The molecule has 0 nitrogen and oxygen atoms in total. The maximum atomic E-state index is 4.32. The Hall–Kier alpha value is -0.260. The number of hydrogen-bond acceptors (Lipinski definition) is 0. The largest absolute Gasteiger partial charge is 0.0996 e. The van der Waals surface area contributed by atoms with Crippen molar-refractivity contribution >= 4 is 0 Å². The summed E-state index contributed by atoms with van der Waals surface area (Å²) in [6.45, 7) is 9.08. The smallest absolute Gasteiger partial charge is 0.00341 e. The lowest BCUT2D eigenvalue weighted by atomic mass is 9.63. The average Bonchev–Trinajstić information content (AvgIpc) is 2.70. The van der Waals surface area contributed by atoms with E-state index < -0.39 is 0 Å². The Bertz CT molecular complexity index is 278. The fourth-order valence-corrected chi connectivity index (χ4v) is 5.33. The highest BCUT2D eigenvalue weighted by molar-refractivity contribution is 5.23. The molecule has 0 amide bonds. The van der Waals surface area contributed by atoms with Crippen LogP contribution in [0.25, 0.3) is 0 Å². The maximum absolute atomic E-state index is 4.32. The van der Waals surface area contributed by atoms with E-state index in [1.54, 1.807) is 0 Å². The van der Waals surface area contributed by atoms with Crippen molar-refractivity contribution in [3.05, 3.63) is 12.2 Å². The van der Waals surface area contributed by atoms with Crippen molar-refractivity contribution in [2.45, 2.75) is 46.0 Å². The van der Waals surface area contributed by atoms with Crippen LogP contribution in [0.1, 0.15) is 46.0 Å². The van der Waals surface area contributed by atoms with Crippen LogP contribution in [0.15, 0.2) is 12.2 Å². The van der Waals surface area contributed by atoms with Crippen LogP contribution >= 0.6 is 0 Å². The molecule has 0 aliphatic heterocycles. The number of allylic oxidation sites excluding steroid dienone is 1. The zero-order chi connectivity index (χ0) is 9.92. The third-order valence-electron chi connectivity index (χ3n) is 5.77. The summed E-state index contributed by atoms with van der Waals surface area (Å²) >= 11 is 0. The quantitative estimate of drug-likeness (QED) is 0.548. The topological polar surface area (TPSA) is 0 Å². The monoisotopic (exact) mass is 190 g/mol. The van der Waals surface area contributed by atoms with E-state index in [9.17, 15) is 0 Å². The second kappa shape index (κ2) is 2.65. The van der Waals surface area contributed by atoms with Crippen LogP contribution in [0, 0.1) is 29.1 Å². The zero-order valence-electron chi connectivity index (χ0n) is 9.55. The molecule has 78 valence electrons. The highest BCUT2D eigenvalue weighted by Crippen LogP contribution is 2.70. The Morgan fingerprint density at radius 2 is 2.14 bits per heavy atom. The van der Waals surface area contributed by atoms with Crippen molar-refractivity contribution in [3.8, 4) is 0 Å². The summed E-state index contributed by atoms with van der Waals surface area (Å²) in [7, 11) is 0. The molecule has 14 heavy (non-hydrogen) atoms. The normalized spacial score (nSPS) is 55.0. The van der Waals surface area contributed by atoms with Crippen molar-refractivity contribution in [1.29, 1.82) is 0 Å². The second-order valence-electron chi connectivity index (χ2n) is 6.12. The lowest BCUT2D eigenvalue weighted by Gasteiger charge is -2.41. The summed E-state index contributed by atoms with van der Waals surface area (Å²) in [4.78, 5) is 0. The van der Waals surface area contributed by atoms with Gasteiger partial charge in [-0.05, 0) is 61.7 Å². The highest BCUT2D eigenvalue weighted by atomic mass is 14.7. The third kappa shape index (κ3) is 0.816. The van der Waals surface area contributed by atoms with Crippen LogP contribution in [0.5, 0.6) is 0 Å². The van der Waals surface area contributed by atoms with Crippen molar-refractivity contribution in [3.63, 3.8) is 0 Å². The van der Waals surface area contributed by atoms with Crippen LogP contribution in [-0.2, 0) is 0 Å². The molecule has 3 saturated carbocycles. The predicted octanol–water partition coefficient (Wildman–Crippen LogP) is 4.02. The van der Waals surface area contributed by atoms with Gasteiger partial charge in [-0.25, -0.2) is 0 Å². The van der Waals surface area contributed by atoms with Gasteiger partial charge in [0.2, 0.25) is 0 Å². The van der Waals surface area contributed by atoms with Gasteiger partial charge in [0.05, 0.1) is 0 Å². The Kier molecular flexibility index (Phi) is 1.70. The SMILES string of the molecule is C=C(C)C12CC(CC1C)C1CCCC12. The van der Waals surface area contributed by atoms with E-state index >= 15 is 0 Å². The van der Waals surface area contributed by atoms with Crippen molar-refractivity contribution in [1.82, 2.24) is 0 Å². The zero-order valence-corrected chi connectivity index (χ0v) is 9.55. The van der Waals surface area contributed by atoms with E-state index in [0.29, 0.717) is 5.41 Å². The van der Waals surface area contributed by atoms with E-state index in [-0.39, 0.29) is 0 Å². The molecule has 0 heteroatoms. The summed E-state index contributed by atoms with van der Waals surface area (Å²) < 4.78 is 0. The summed E-state index contributed by atoms with van der Waals surface area (Å²) in [5.74, 6) is 4.09. The molecule has 2 bridgehead atoms. The van der Waals surface area contributed by atoms with Crippen LogP contribution in [0.4, 0.5) is 0 Å². The minimum absolute atomic E-state index is 0.575. The molecule has 0 heterocycles. The van der Waals surface area contributed by atoms with Gasteiger partial charge in [0, 0.05) is 0 Å². The van der Waals surface area contributed by atoms with Crippen LogP contribution in [-0.4, -0.2) is 0 Å². The first-order valence-corrected chi connectivity index (χ1v) is 6.32. The molecule has 3 rings (SSSR count). The minimum atomic E-state index is 0.575.